The average Bonchev–Trinajstić information content (AvgIpc) is 3.42. The minimum atomic E-state index is -4.33. The summed E-state index contributed by atoms with van der Waals surface area (Å²) in [4.78, 5) is 4.33. The third kappa shape index (κ3) is 4.59. The van der Waals surface area contributed by atoms with Crippen LogP contribution in [-0.4, -0.2) is 64.0 Å². The predicted octanol–water partition coefficient (Wildman–Crippen LogP) is 3.14. The number of piperazine rings is 1. The largest absolute Gasteiger partial charge is 0.416 e. The number of nitrogens with zero attached hydrogens (tertiary/aromatic N) is 6. The molecule has 2 atom stereocenters. The fourth-order valence-corrected chi connectivity index (χ4v) is 4.34. The maximum absolute atomic E-state index is 13.0. The number of aromatic nitrogens is 4. The Morgan fingerprint density at radius 2 is 2.00 bits per heavy atom. The molecule has 3 heterocycles. The van der Waals surface area contributed by atoms with Crippen LogP contribution in [0.4, 0.5) is 18.9 Å². The van der Waals surface area contributed by atoms with E-state index in [0.717, 1.165) is 50.8 Å². The molecule has 0 radical (unpaired) electrons. The van der Waals surface area contributed by atoms with Gasteiger partial charge >= 0.3 is 6.18 Å². The van der Waals surface area contributed by atoms with Crippen molar-refractivity contribution >= 4 is 5.69 Å². The molecule has 2 fully saturated rings. The number of halogens is 3. The van der Waals surface area contributed by atoms with Crippen LogP contribution in [0.1, 0.15) is 43.6 Å². The molecular formula is C20H27F3N6O. The van der Waals surface area contributed by atoms with Gasteiger partial charge in [-0.2, -0.15) is 13.2 Å². The minimum absolute atomic E-state index is 0.0741. The van der Waals surface area contributed by atoms with Crippen LogP contribution < -0.4 is 4.90 Å². The smallest absolute Gasteiger partial charge is 0.376 e. The summed E-state index contributed by atoms with van der Waals surface area (Å²) in [5.74, 6) is 0.834. The highest BCUT2D eigenvalue weighted by molar-refractivity contribution is 5.49. The van der Waals surface area contributed by atoms with Gasteiger partial charge in [-0.05, 0) is 47.9 Å². The van der Waals surface area contributed by atoms with Crippen molar-refractivity contribution in [3.05, 3.63) is 35.7 Å². The number of tetrazole rings is 1. The van der Waals surface area contributed by atoms with E-state index in [9.17, 15) is 13.2 Å². The van der Waals surface area contributed by atoms with E-state index in [1.54, 1.807) is 6.07 Å². The van der Waals surface area contributed by atoms with Gasteiger partial charge in [0.15, 0.2) is 5.82 Å². The topological polar surface area (TPSA) is 59.3 Å². The Kier molecular flexibility index (Phi) is 6.24. The first-order valence-corrected chi connectivity index (χ1v) is 10.5. The number of ether oxygens (including phenoxy) is 1. The summed E-state index contributed by atoms with van der Waals surface area (Å²) in [6, 6.07) is 5.63. The van der Waals surface area contributed by atoms with Crippen LogP contribution in [0.5, 0.6) is 0 Å². The van der Waals surface area contributed by atoms with Gasteiger partial charge in [0.05, 0.1) is 24.3 Å². The molecule has 1 aromatic carbocycles. The molecule has 0 saturated carbocycles. The maximum atomic E-state index is 13.0. The van der Waals surface area contributed by atoms with E-state index in [1.165, 1.54) is 12.1 Å². The first-order chi connectivity index (χ1) is 14.5. The number of hydrogen-bond donors (Lipinski definition) is 0. The molecule has 2 saturated heterocycles. The van der Waals surface area contributed by atoms with Crippen LogP contribution in [0, 0.1) is 0 Å². The van der Waals surface area contributed by atoms with Gasteiger partial charge in [-0.25, -0.2) is 4.68 Å². The molecule has 2 aliphatic heterocycles. The lowest BCUT2D eigenvalue weighted by Gasteiger charge is -2.39. The summed E-state index contributed by atoms with van der Waals surface area (Å²) < 4.78 is 46.7. The van der Waals surface area contributed by atoms with Crippen LogP contribution in [0.3, 0.4) is 0 Å². The lowest BCUT2D eigenvalue weighted by atomic mass is 10.1. The van der Waals surface area contributed by atoms with E-state index in [-0.39, 0.29) is 12.1 Å². The van der Waals surface area contributed by atoms with E-state index in [0.29, 0.717) is 25.3 Å². The Morgan fingerprint density at radius 1 is 1.20 bits per heavy atom. The SMILES string of the molecule is CC[C@@H](c1nnnn1C[C@H]1CCCO1)N1CCN(c2cccc(C(F)(F)F)c2)CC1. The van der Waals surface area contributed by atoms with Gasteiger partial charge < -0.3 is 9.64 Å². The van der Waals surface area contributed by atoms with Crippen LogP contribution in [-0.2, 0) is 17.5 Å². The number of hydrogen-bond acceptors (Lipinski definition) is 6. The Balaban J connectivity index is 1.41. The molecule has 0 amide bonds. The number of anilines is 1. The van der Waals surface area contributed by atoms with Gasteiger partial charge in [0.25, 0.3) is 0 Å². The van der Waals surface area contributed by atoms with Gasteiger partial charge in [0.1, 0.15) is 0 Å². The highest BCUT2D eigenvalue weighted by atomic mass is 19.4. The van der Waals surface area contributed by atoms with Crippen LogP contribution in [0.25, 0.3) is 0 Å². The van der Waals surface area contributed by atoms with Gasteiger partial charge in [0, 0.05) is 38.5 Å². The van der Waals surface area contributed by atoms with Crippen molar-refractivity contribution in [2.45, 2.75) is 51.1 Å². The van der Waals surface area contributed by atoms with Crippen molar-refractivity contribution in [1.82, 2.24) is 25.1 Å². The van der Waals surface area contributed by atoms with Crippen molar-refractivity contribution in [2.24, 2.45) is 0 Å². The second-order valence-electron chi connectivity index (χ2n) is 7.85. The first kappa shape index (κ1) is 21.0. The summed E-state index contributed by atoms with van der Waals surface area (Å²) >= 11 is 0. The molecule has 1 aromatic heterocycles. The van der Waals surface area contributed by atoms with E-state index >= 15 is 0 Å². The molecule has 4 rings (SSSR count). The molecule has 7 nitrogen and oxygen atoms in total. The second-order valence-corrected chi connectivity index (χ2v) is 7.85. The summed E-state index contributed by atoms with van der Waals surface area (Å²) in [5, 5.41) is 12.3. The Labute approximate surface area is 173 Å². The quantitative estimate of drug-likeness (QED) is 0.710. The van der Waals surface area contributed by atoms with E-state index in [1.807, 2.05) is 9.58 Å². The normalized spacial score (nSPS) is 21.9. The highest BCUT2D eigenvalue weighted by Crippen LogP contribution is 2.32. The highest BCUT2D eigenvalue weighted by Gasteiger charge is 2.32. The number of benzene rings is 1. The molecular weight excluding hydrogens is 397 g/mol. The van der Waals surface area contributed by atoms with E-state index < -0.39 is 11.7 Å². The molecule has 0 N–H and O–H groups in total. The molecule has 10 heteroatoms. The van der Waals surface area contributed by atoms with Gasteiger partial charge in [-0.1, -0.05) is 13.0 Å². The van der Waals surface area contributed by atoms with Crippen LogP contribution in [0.2, 0.25) is 0 Å². The van der Waals surface area contributed by atoms with E-state index in [2.05, 4.69) is 27.3 Å². The third-order valence-electron chi connectivity index (χ3n) is 5.94. The van der Waals surface area contributed by atoms with Crippen LogP contribution in [0.15, 0.2) is 24.3 Å². The maximum Gasteiger partial charge on any atom is 0.416 e. The third-order valence-corrected chi connectivity index (χ3v) is 5.94. The van der Waals surface area contributed by atoms with Gasteiger partial charge in [-0.15, -0.1) is 5.10 Å². The molecule has 0 aliphatic carbocycles. The van der Waals surface area contributed by atoms with Gasteiger partial charge in [0.2, 0.25) is 0 Å². The molecule has 164 valence electrons. The Morgan fingerprint density at radius 3 is 2.67 bits per heavy atom. The standard InChI is InChI=1S/C20H27F3N6O/c1-2-18(19-24-25-26-29(19)14-17-7-4-12-30-17)28-10-8-27(9-11-28)16-6-3-5-15(13-16)20(21,22)23/h3,5-6,13,17-18H,2,4,7-12,14H2,1H3/t17-,18+/m1/s1. The molecule has 0 bridgehead atoms. The lowest BCUT2D eigenvalue weighted by Crippen LogP contribution is -2.48. The van der Waals surface area contributed by atoms with E-state index in [4.69, 9.17) is 4.74 Å². The zero-order valence-electron chi connectivity index (χ0n) is 17.1. The monoisotopic (exact) mass is 424 g/mol. The summed E-state index contributed by atoms with van der Waals surface area (Å²) in [7, 11) is 0. The van der Waals surface area contributed by atoms with Crippen molar-refractivity contribution < 1.29 is 17.9 Å². The van der Waals surface area contributed by atoms with Crippen molar-refractivity contribution in [3.8, 4) is 0 Å². The summed E-state index contributed by atoms with van der Waals surface area (Å²) in [6.07, 6.45) is -1.23. The fourth-order valence-electron chi connectivity index (χ4n) is 4.34. The Bertz CT molecular complexity index is 828. The minimum Gasteiger partial charge on any atom is -0.376 e. The first-order valence-electron chi connectivity index (χ1n) is 10.5. The lowest BCUT2D eigenvalue weighted by molar-refractivity contribution is -0.137. The molecule has 2 aliphatic rings. The van der Waals surface area contributed by atoms with Gasteiger partial charge in [-0.3, -0.25) is 4.90 Å². The summed E-state index contributed by atoms with van der Waals surface area (Å²) in [6.45, 7) is 6.34. The van der Waals surface area contributed by atoms with Crippen molar-refractivity contribution in [3.63, 3.8) is 0 Å². The average molecular weight is 424 g/mol. The Hall–Kier alpha value is -2.20. The molecule has 0 unspecified atom stereocenters. The summed E-state index contributed by atoms with van der Waals surface area (Å²) in [5.41, 5.74) is 0.00270. The predicted molar refractivity (Wildman–Crippen MR) is 105 cm³/mol. The fraction of sp³-hybridized carbons (Fsp3) is 0.650. The zero-order valence-corrected chi connectivity index (χ0v) is 17.1. The molecule has 0 spiro atoms. The molecule has 2 aromatic rings. The van der Waals surface area contributed by atoms with Crippen molar-refractivity contribution in [1.29, 1.82) is 0 Å². The van der Waals surface area contributed by atoms with Crippen LogP contribution >= 0.6 is 0 Å². The molecule has 30 heavy (non-hydrogen) atoms. The number of alkyl halides is 3. The second kappa shape index (κ2) is 8.89. The zero-order chi connectivity index (χ0) is 21.1. The van der Waals surface area contributed by atoms with Crippen molar-refractivity contribution in [2.75, 3.05) is 37.7 Å². The number of rotatable bonds is 6.